The van der Waals surface area contributed by atoms with Crippen molar-refractivity contribution in [2.45, 2.75) is 20.1 Å². The number of thioether (sulfide) groups is 1. The highest BCUT2D eigenvalue weighted by Gasteiger charge is 2.35. The van der Waals surface area contributed by atoms with E-state index in [9.17, 15) is 9.59 Å². The fourth-order valence-corrected chi connectivity index (χ4v) is 4.87. The number of aryl methyl sites for hydroxylation is 1. The van der Waals surface area contributed by atoms with Crippen molar-refractivity contribution >= 4 is 63.8 Å². The van der Waals surface area contributed by atoms with Gasteiger partial charge in [0.15, 0.2) is 5.75 Å². The highest BCUT2D eigenvalue weighted by atomic mass is 35.5. The van der Waals surface area contributed by atoms with Gasteiger partial charge in [0.1, 0.15) is 6.61 Å². The second kappa shape index (κ2) is 10.2. The molecule has 1 saturated heterocycles. The van der Waals surface area contributed by atoms with Gasteiger partial charge in [-0.05, 0) is 54.1 Å². The zero-order chi connectivity index (χ0) is 23.5. The zero-order valence-electron chi connectivity index (χ0n) is 17.5. The fourth-order valence-electron chi connectivity index (χ4n) is 3.23. The van der Waals surface area contributed by atoms with Gasteiger partial charge in [-0.15, -0.1) is 0 Å². The van der Waals surface area contributed by atoms with Crippen LogP contribution in [-0.2, 0) is 17.9 Å². The van der Waals surface area contributed by atoms with E-state index in [-0.39, 0.29) is 24.3 Å². The molecular formula is C25H18Cl3NO3S. The SMILES string of the molecule is Cc1ccc(CN2C(=O)S/C(=C\c3cc(Cl)c(OCc4ccccc4Cl)c(Cl)c3)C2=O)cc1. The predicted molar refractivity (Wildman–Crippen MR) is 135 cm³/mol. The van der Waals surface area contributed by atoms with Crippen LogP contribution in [0.3, 0.4) is 0 Å². The van der Waals surface area contributed by atoms with Crippen LogP contribution in [-0.4, -0.2) is 16.0 Å². The molecule has 0 aromatic heterocycles. The third-order valence-corrected chi connectivity index (χ3v) is 6.82. The van der Waals surface area contributed by atoms with Crippen molar-refractivity contribution in [3.8, 4) is 5.75 Å². The van der Waals surface area contributed by atoms with Crippen LogP contribution < -0.4 is 4.74 Å². The molecule has 2 amide bonds. The summed E-state index contributed by atoms with van der Waals surface area (Å²) in [4.78, 5) is 26.8. The topological polar surface area (TPSA) is 46.6 Å². The number of carbonyl (C=O) groups is 2. The summed E-state index contributed by atoms with van der Waals surface area (Å²) in [6.07, 6.45) is 1.61. The van der Waals surface area contributed by atoms with Crippen molar-refractivity contribution in [1.29, 1.82) is 0 Å². The molecule has 1 fully saturated rings. The summed E-state index contributed by atoms with van der Waals surface area (Å²) >= 11 is 19.9. The Morgan fingerprint density at radius 1 is 0.939 bits per heavy atom. The molecule has 1 aliphatic rings. The Bertz CT molecular complexity index is 1240. The quantitative estimate of drug-likeness (QED) is 0.313. The average molecular weight is 519 g/mol. The molecule has 4 nitrogen and oxygen atoms in total. The number of imide groups is 1. The van der Waals surface area contributed by atoms with Crippen LogP contribution in [0.25, 0.3) is 6.08 Å². The minimum absolute atomic E-state index is 0.205. The van der Waals surface area contributed by atoms with E-state index in [1.165, 1.54) is 4.90 Å². The summed E-state index contributed by atoms with van der Waals surface area (Å²) in [6, 6.07) is 18.3. The number of amides is 2. The standard InChI is InChI=1S/C25H18Cl3NO3S/c1-15-6-8-16(9-7-15)13-29-24(30)22(33-25(29)31)12-17-10-20(27)23(21(28)11-17)32-14-18-4-2-3-5-19(18)26/h2-12H,13-14H2,1H3/b22-12-. The molecule has 0 N–H and O–H groups in total. The Kier molecular flexibility index (Phi) is 7.35. The molecule has 3 aromatic carbocycles. The van der Waals surface area contributed by atoms with Crippen LogP contribution in [0.15, 0.2) is 65.6 Å². The van der Waals surface area contributed by atoms with Gasteiger partial charge in [-0.3, -0.25) is 14.5 Å². The maximum absolute atomic E-state index is 12.8. The van der Waals surface area contributed by atoms with E-state index in [0.717, 1.165) is 28.5 Å². The van der Waals surface area contributed by atoms with E-state index >= 15 is 0 Å². The van der Waals surface area contributed by atoms with Crippen LogP contribution >= 0.6 is 46.6 Å². The molecule has 0 aliphatic carbocycles. The van der Waals surface area contributed by atoms with Gasteiger partial charge in [0.25, 0.3) is 11.1 Å². The summed E-state index contributed by atoms with van der Waals surface area (Å²) in [5.74, 6) is -0.0280. The smallest absolute Gasteiger partial charge is 0.293 e. The lowest BCUT2D eigenvalue weighted by atomic mass is 10.1. The highest BCUT2D eigenvalue weighted by molar-refractivity contribution is 8.18. The first-order chi connectivity index (χ1) is 15.8. The van der Waals surface area contributed by atoms with Crippen molar-refractivity contribution in [2.75, 3.05) is 0 Å². The Morgan fingerprint density at radius 3 is 2.27 bits per heavy atom. The molecule has 0 spiro atoms. The number of ether oxygens (including phenoxy) is 1. The Morgan fingerprint density at radius 2 is 1.61 bits per heavy atom. The number of rotatable bonds is 6. The number of halogens is 3. The molecule has 1 aliphatic heterocycles. The Hall–Kier alpha value is -2.44. The molecular weight excluding hydrogens is 501 g/mol. The van der Waals surface area contributed by atoms with Gasteiger partial charge in [0.2, 0.25) is 0 Å². The first-order valence-corrected chi connectivity index (χ1v) is 11.9. The lowest BCUT2D eigenvalue weighted by molar-refractivity contribution is -0.123. The number of hydrogen-bond acceptors (Lipinski definition) is 4. The van der Waals surface area contributed by atoms with Gasteiger partial charge in [-0.2, -0.15) is 0 Å². The molecule has 0 atom stereocenters. The van der Waals surface area contributed by atoms with Gasteiger partial charge >= 0.3 is 0 Å². The molecule has 0 saturated carbocycles. The summed E-state index contributed by atoms with van der Waals surface area (Å²) in [7, 11) is 0. The Balaban J connectivity index is 1.50. The van der Waals surface area contributed by atoms with Gasteiger partial charge in [0.05, 0.1) is 21.5 Å². The van der Waals surface area contributed by atoms with E-state index in [1.807, 2.05) is 49.4 Å². The number of hydrogen-bond donors (Lipinski definition) is 0. The van der Waals surface area contributed by atoms with E-state index in [0.29, 0.717) is 31.3 Å². The number of benzene rings is 3. The van der Waals surface area contributed by atoms with Crippen molar-refractivity contribution < 1.29 is 14.3 Å². The molecule has 3 aromatic rings. The molecule has 4 rings (SSSR count). The van der Waals surface area contributed by atoms with Crippen molar-refractivity contribution in [1.82, 2.24) is 4.90 Å². The molecule has 0 unspecified atom stereocenters. The Labute approximate surface area is 211 Å². The van der Waals surface area contributed by atoms with Crippen LogP contribution in [0, 0.1) is 6.92 Å². The minimum atomic E-state index is -0.350. The largest absolute Gasteiger partial charge is 0.486 e. The van der Waals surface area contributed by atoms with Crippen LogP contribution in [0.4, 0.5) is 4.79 Å². The monoisotopic (exact) mass is 517 g/mol. The number of carbonyl (C=O) groups excluding carboxylic acids is 2. The molecule has 8 heteroatoms. The van der Waals surface area contributed by atoms with E-state index < -0.39 is 0 Å². The fraction of sp³-hybridized carbons (Fsp3) is 0.120. The van der Waals surface area contributed by atoms with Gasteiger partial charge in [0, 0.05) is 10.6 Å². The maximum Gasteiger partial charge on any atom is 0.293 e. The van der Waals surface area contributed by atoms with E-state index in [1.54, 1.807) is 24.3 Å². The summed E-state index contributed by atoms with van der Waals surface area (Å²) in [6.45, 7) is 2.41. The predicted octanol–water partition coefficient (Wildman–Crippen LogP) is 7.77. The molecule has 0 bridgehead atoms. The third-order valence-electron chi connectivity index (χ3n) is 4.98. The normalized spacial score (nSPS) is 14.9. The number of nitrogens with zero attached hydrogens (tertiary/aromatic N) is 1. The summed E-state index contributed by atoms with van der Waals surface area (Å²) in [5, 5.41) is 0.853. The van der Waals surface area contributed by atoms with Crippen LogP contribution in [0.2, 0.25) is 15.1 Å². The van der Waals surface area contributed by atoms with Crippen LogP contribution in [0.1, 0.15) is 22.3 Å². The minimum Gasteiger partial charge on any atom is -0.486 e. The molecule has 1 heterocycles. The second-order valence-electron chi connectivity index (χ2n) is 7.45. The molecule has 0 radical (unpaired) electrons. The lowest BCUT2D eigenvalue weighted by Crippen LogP contribution is -2.27. The average Bonchev–Trinajstić information content (AvgIpc) is 3.03. The van der Waals surface area contributed by atoms with Gasteiger partial charge in [-0.25, -0.2) is 0 Å². The van der Waals surface area contributed by atoms with Crippen LogP contribution in [0.5, 0.6) is 5.75 Å². The lowest BCUT2D eigenvalue weighted by Gasteiger charge is -2.13. The second-order valence-corrected chi connectivity index (χ2v) is 9.66. The first-order valence-electron chi connectivity index (χ1n) is 9.98. The van der Waals surface area contributed by atoms with E-state index in [4.69, 9.17) is 39.5 Å². The zero-order valence-corrected chi connectivity index (χ0v) is 20.6. The maximum atomic E-state index is 12.8. The van der Waals surface area contributed by atoms with Crippen molar-refractivity contribution in [3.05, 3.63) is 103 Å². The summed E-state index contributed by atoms with van der Waals surface area (Å²) in [5.41, 5.74) is 3.39. The molecule has 33 heavy (non-hydrogen) atoms. The van der Waals surface area contributed by atoms with Gasteiger partial charge in [-0.1, -0.05) is 82.8 Å². The summed E-state index contributed by atoms with van der Waals surface area (Å²) < 4.78 is 5.79. The van der Waals surface area contributed by atoms with Gasteiger partial charge < -0.3 is 4.74 Å². The highest BCUT2D eigenvalue weighted by Crippen LogP contribution is 2.38. The first kappa shape index (κ1) is 23.7. The van der Waals surface area contributed by atoms with Crippen molar-refractivity contribution in [3.63, 3.8) is 0 Å². The third kappa shape index (κ3) is 5.56. The van der Waals surface area contributed by atoms with E-state index in [2.05, 4.69) is 0 Å². The van der Waals surface area contributed by atoms with Crippen molar-refractivity contribution in [2.24, 2.45) is 0 Å². The molecule has 168 valence electrons.